The van der Waals surface area contributed by atoms with Crippen LogP contribution in [-0.4, -0.2) is 53.2 Å². The topological polar surface area (TPSA) is 113 Å². The molecule has 0 aliphatic carbocycles. The van der Waals surface area contributed by atoms with Crippen molar-refractivity contribution in [3.63, 3.8) is 0 Å². The van der Waals surface area contributed by atoms with Crippen LogP contribution < -0.4 is 10.0 Å². The van der Waals surface area contributed by atoms with Gasteiger partial charge in [-0.1, -0.05) is 24.6 Å². The highest BCUT2D eigenvalue weighted by atomic mass is 32.2. The molecule has 2 N–H and O–H groups in total. The van der Waals surface area contributed by atoms with Crippen molar-refractivity contribution < 1.29 is 21.6 Å². The van der Waals surface area contributed by atoms with Crippen molar-refractivity contribution in [3.05, 3.63) is 59.2 Å². The minimum atomic E-state index is -3.70. The largest absolute Gasteiger partial charge is 0.351 e. The van der Waals surface area contributed by atoms with Crippen molar-refractivity contribution in [1.82, 2.24) is 14.3 Å². The van der Waals surface area contributed by atoms with Gasteiger partial charge in [0.05, 0.1) is 9.79 Å². The lowest BCUT2D eigenvalue weighted by Gasteiger charge is -2.26. The molecule has 0 aromatic heterocycles. The van der Waals surface area contributed by atoms with E-state index < -0.39 is 26.0 Å². The fourth-order valence-corrected chi connectivity index (χ4v) is 6.51. The molecule has 2 aromatic rings. The first-order valence-corrected chi connectivity index (χ1v) is 13.5. The monoisotopic (exact) mass is 479 g/mol. The van der Waals surface area contributed by atoms with Gasteiger partial charge in [0.2, 0.25) is 20.0 Å². The minimum Gasteiger partial charge on any atom is -0.351 e. The van der Waals surface area contributed by atoms with Crippen LogP contribution in [0.15, 0.2) is 52.3 Å². The predicted molar refractivity (Wildman–Crippen MR) is 122 cm³/mol. The molecule has 1 saturated heterocycles. The lowest BCUT2D eigenvalue weighted by atomic mass is 10.2. The Labute approximate surface area is 190 Å². The number of nitrogens with zero attached hydrogens (tertiary/aromatic N) is 1. The van der Waals surface area contributed by atoms with Crippen LogP contribution in [0.25, 0.3) is 0 Å². The first-order valence-electron chi connectivity index (χ1n) is 10.6. The van der Waals surface area contributed by atoms with Crippen LogP contribution in [0, 0.1) is 13.8 Å². The normalized spacial score (nSPS) is 15.4. The molecule has 1 fully saturated rings. The minimum absolute atomic E-state index is 0.00717. The number of nitrogens with one attached hydrogen (secondary N) is 2. The smallest absolute Gasteiger partial charge is 0.251 e. The van der Waals surface area contributed by atoms with Gasteiger partial charge in [-0.15, -0.1) is 0 Å². The molecule has 3 rings (SSSR count). The average Bonchev–Trinajstić information content (AvgIpc) is 2.78. The summed E-state index contributed by atoms with van der Waals surface area (Å²) >= 11 is 0. The van der Waals surface area contributed by atoms with Gasteiger partial charge in [-0.25, -0.2) is 21.6 Å². The highest BCUT2D eigenvalue weighted by Crippen LogP contribution is 2.21. The number of carbonyl (C=O) groups excluding carboxylic acids is 1. The standard InChI is InChI=1S/C22H29N3O5S2/c1-17-9-10-18(2)21(15-17)31(27,28)24-12-11-23-22(26)19-7-6-8-20(16-19)32(29,30)25-13-4-3-5-14-25/h6-10,15-16,24H,3-5,11-14H2,1-2H3,(H,23,26). The highest BCUT2D eigenvalue weighted by molar-refractivity contribution is 7.89. The summed E-state index contributed by atoms with van der Waals surface area (Å²) in [7, 11) is -7.34. The molecule has 174 valence electrons. The SMILES string of the molecule is Cc1ccc(C)c(S(=O)(=O)NCCNC(=O)c2cccc(S(=O)(=O)N3CCCCC3)c2)c1. The molecule has 8 nitrogen and oxygen atoms in total. The van der Waals surface area contributed by atoms with E-state index in [9.17, 15) is 21.6 Å². The number of piperidine rings is 1. The Hall–Kier alpha value is -2.27. The maximum absolute atomic E-state index is 12.8. The van der Waals surface area contributed by atoms with Gasteiger partial charge in [-0.3, -0.25) is 4.79 Å². The Kier molecular flexibility index (Phi) is 7.71. The summed E-state index contributed by atoms with van der Waals surface area (Å²) < 4.78 is 54.7. The second-order valence-corrected chi connectivity index (χ2v) is 11.6. The summed E-state index contributed by atoms with van der Waals surface area (Å²) in [6.45, 7) is 4.58. The molecular formula is C22H29N3O5S2. The maximum Gasteiger partial charge on any atom is 0.251 e. The van der Waals surface area contributed by atoms with E-state index in [1.807, 2.05) is 13.0 Å². The summed E-state index contributed by atoms with van der Waals surface area (Å²) in [4.78, 5) is 12.8. The van der Waals surface area contributed by atoms with Crippen molar-refractivity contribution in [2.24, 2.45) is 0 Å². The number of sulfonamides is 2. The Morgan fingerprint density at radius 2 is 1.66 bits per heavy atom. The second-order valence-electron chi connectivity index (χ2n) is 7.92. The molecule has 10 heteroatoms. The molecule has 1 amide bonds. The van der Waals surface area contributed by atoms with Crippen molar-refractivity contribution in [3.8, 4) is 0 Å². The van der Waals surface area contributed by atoms with Crippen LogP contribution in [0.1, 0.15) is 40.7 Å². The Morgan fingerprint density at radius 3 is 2.38 bits per heavy atom. The van der Waals surface area contributed by atoms with Crippen molar-refractivity contribution >= 4 is 26.0 Å². The molecule has 1 aliphatic rings. The lowest BCUT2D eigenvalue weighted by molar-refractivity contribution is 0.0954. The van der Waals surface area contributed by atoms with Gasteiger partial charge in [0.15, 0.2) is 0 Å². The van der Waals surface area contributed by atoms with E-state index >= 15 is 0 Å². The van der Waals surface area contributed by atoms with E-state index in [1.54, 1.807) is 19.1 Å². The molecule has 0 spiro atoms. The van der Waals surface area contributed by atoms with E-state index in [0.717, 1.165) is 24.8 Å². The Morgan fingerprint density at radius 1 is 0.938 bits per heavy atom. The first-order chi connectivity index (χ1) is 15.1. The van der Waals surface area contributed by atoms with Gasteiger partial charge in [0.25, 0.3) is 5.91 Å². The van der Waals surface area contributed by atoms with Crippen molar-refractivity contribution in [1.29, 1.82) is 0 Å². The molecule has 2 aromatic carbocycles. The summed E-state index contributed by atoms with van der Waals surface area (Å²) in [6, 6.07) is 11.1. The molecule has 1 aliphatic heterocycles. The van der Waals surface area contributed by atoms with E-state index in [-0.39, 0.29) is 28.4 Å². The van der Waals surface area contributed by atoms with Crippen molar-refractivity contribution in [2.45, 2.75) is 42.9 Å². The summed E-state index contributed by atoms with van der Waals surface area (Å²) in [6.07, 6.45) is 2.68. The van der Waals surface area contributed by atoms with Crippen LogP contribution in [-0.2, 0) is 20.0 Å². The van der Waals surface area contributed by atoms with Gasteiger partial charge in [0, 0.05) is 31.7 Å². The molecule has 0 atom stereocenters. The van der Waals surface area contributed by atoms with Gasteiger partial charge in [-0.2, -0.15) is 4.31 Å². The van der Waals surface area contributed by atoms with Crippen LogP contribution in [0.3, 0.4) is 0 Å². The van der Waals surface area contributed by atoms with Gasteiger partial charge in [0.1, 0.15) is 0 Å². The number of rotatable bonds is 8. The summed E-state index contributed by atoms with van der Waals surface area (Å²) in [5, 5.41) is 2.63. The molecule has 0 radical (unpaired) electrons. The van der Waals surface area contributed by atoms with Gasteiger partial charge in [-0.05, 0) is 62.1 Å². The Balaban J connectivity index is 1.60. The number of amides is 1. The number of carbonyl (C=O) groups is 1. The fourth-order valence-electron chi connectivity index (χ4n) is 3.59. The zero-order chi connectivity index (χ0) is 23.4. The summed E-state index contributed by atoms with van der Waals surface area (Å²) in [5.41, 5.74) is 1.68. The van der Waals surface area contributed by atoms with E-state index in [1.165, 1.54) is 28.6 Å². The van der Waals surface area contributed by atoms with Gasteiger partial charge >= 0.3 is 0 Å². The third-order valence-corrected chi connectivity index (χ3v) is 8.88. The van der Waals surface area contributed by atoms with Crippen LogP contribution >= 0.6 is 0 Å². The first kappa shape index (κ1) is 24.4. The van der Waals surface area contributed by atoms with E-state index in [4.69, 9.17) is 0 Å². The summed E-state index contributed by atoms with van der Waals surface area (Å²) in [5.74, 6) is -0.466. The molecule has 0 bridgehead atoms. The van der Waals surface area contributed by atoms with E-state index in [2.05, 4.69) is 10.0 Å². The third-order valence-electron chi connectivity index (χ3n) is 5.38. The number of benzene rings is 2. The number of hydrogen-bond donors (Lipinski definition) is 2. The second kappa shape index (κ2) is 10.1. The van der Waals surface area contributed by atoms with Crippen LogP contribution in [0.5, 0.6) is 0 Å². The molecule has 0 saturated carbocycles. The lowest BCUT2D eigenvalue weighted by Crippen LogP contribution is -2.36. The van der Waals surface area contributed by atoms with E-state index in [0.29, 0.717) is 18.7 Å². The number of hydrogen-bond acceptors (Lipinski definition) is 5. The molecular weight excluding hydrogens is 450 g/mol. The molecule has 0 unspecified atom stereocenters. The molecule has 32 heavy (non-hydrogen) atoms. The zero-order valence-corrected chi connectivity index (χ0v) is 19.9. The molecule has 1 heterocycles. The van der Waals surface area contributed by atoms with Gasteiger partial charge < -0.3 is 5.32 Å². The van der Waals surface area contributed by atoms with Crippen molar-refractivity contribution in [2.75, 3.05) is 26.2 Å². The fraction of sp³-hybridized carbons (Fsp3) is 0.409. The quantitative estimate of drug-likeness (QED) is 0.564. The Bertz CT molecular complexity index is 1190. The third kappa shape index (κ3) is 5.74. The zero-order valence-electron chi connectivity index (χ0n) is 18.3. The highest BCUT2D eigenvalue weighted by Gasteiger charge is 2.26. The van der Waals surface area contributed by atoms with Crippen LogP contribution in [0.4, 0.5) is 0 Å². The van der Waals surface area contributed by atoms with Crippen LogP contribution in [0.2, 0.25) is 0 Å². The number of aryl methyl sites for hydroxylation is 2. The predicted octanol–water partition coefficient (Wildman–Crippen LogP) is 2.19. The average molecular weight is 480 g/mol. The maximum atomic E-state index is 12.8.